The van der Waals surface area contributed by atoms with Gasteiger partial charge in [0.2, 0.25) is 0 Å². The Balaban J connectivity index is 1.63. The van der Waals surface area contributed by atoms with Crippen LogP contribution in [0.3, 0.4) is 0 Å². The quantitative estimate of drug-likeness (QED) is 0.157. The highest BCUT2D eigenvalue weighted by atomic mass is 35.5. The van der Waals surface area contributed by atoms with Crippen LogP contribution in [-0.4, -0.2) is 35.6 Å². The summed E-state index contributed by atoms with van der Waals surface area (Å²) in [4.78, 5) is 35.8. The maximum atomic E-state index is 12.8. The molecule has 0 heterocycles. The number of hydrogen-bond donors (Lipinski definition) is 2. The first-order chi connectivity index (χ1) is 19.1. The van der Waals surface area contributed by atoms with Crippen LogP contribution in [0.2, 0.25) is 10.0 Å². The summed E-state index contributed by atoms with van der Waals surface area (Å²) in [5.74, 6) is -0.242. The Hall–Kier alpha value is -4.15. The third-order valence-electron chi connectivity index (χ3n) is 5.61. The van der Waals surface area contributed by atoms with Gasteiger partial charge in [-0.05, 0) is 72.5 Å². The van der Waals surface area contributed by atoms with Crippen molar-refractivity contribution in [2.75, 3.05) is 6.61 Å². The number of nitro benzene ring substituents is 1. The van der Waals surface area contributed by atoms with Crippen LogP contribution in [0.15, 0.2) is 65.8 Å². The molecule has 0 aliphatic rings. The van der Waals surface area contributed by atoms with Gasteiger partial charge in [0.15, 0.2) is 11.5 Å². The zero-order valence-corrected chi connectivity index (χ0v) is 23.5. The molecule has 0 bridgehead atoms. The lowest BCUT2D eigenvalue weighted by molar-refractivity contribution is -0.384. The second kappa shape index (κ2) is 14.3. The van der Waals surface area contributed by atoms with Crippen LogP contribution in [0.4, 0.5) is 5.69 Å². The molecule has 3 rings (SSSR count). The monoisotopic (exact) mass is 586 g/mol. The number of hydrazone groups is 1. The highest BCUT2D eigenvalue weighted by molar-refractivity contribution is 6.42. The van der Waals surface area contributed by atoms with Crippen molar-refractivity contribution in [1.82, 2.24) is 10.7 Å². The van der Waals surface area contributed by atoms with E-state index in [1.54, 1.807) is 44.2 Å². The van der Waals surface area contributed by atoms with Crippen molar-refractivity contribution in [3.05, 3.63) is 97.5 Å². The van der Waals surface area contributed by atoms with Gasteiger partial charge < -0.3 is 14.8 Å². The molecule has 0 saturated carbocycles. The van der Waals surface area contributed by atoms with Crippen molar-refractivity contribution in [3.8, 4) is 11.5 Å². The topological polar surface area (TPSA) is 132 Å². The largest absolute Gasteiger partial charge is 0.490 e. The minimum absolute atomic E-state index is 0.00283. The Morgan fingerprint density at radius 3 is 2.35 bits per heavy atom. The smallest absolute Gasteiger partial charge is 0.269 e. The van der Waals surface area contributed by atoms with Crippen LogP contribution in [0.5, 0.6) is 11.5 Å². The molecular formula is C28H28Cl2N4O6. The Morgan fingerprint density at radius 1 is 1.00 bits per heavy atom. The summed E-state index contributed by atoms with van der Waals surface area (Å²) < 4.78 is 11.5. The standard InChI is InChI=1S/C28H28Cl2N4O6/c1-4-39-25-13-19(7-12-24(25)40-16-18-5-9-21(10-6-18)34(37)38)15-31-33-28(36)26(17(2)3)32-27(35)20-8-11-22(29)23(30)14-20/h5-15,17,26H,4,16H2,1-3H3,(H,32,35)(H,33,36)/b31-15-. The molecule has 1 atom stereocenters. The molecule has 0 aliphatic carbocycles. The number of carbonyl (C=O) groups excluding carboxylic acids is 2. The number of non-ortho nitro benzene ring substituents is 1. The summed E-state index contributed by atoms with van der Waals surface area (Å²) in [5.41, 5.74) is 4.13. The van der Waals surface area contributed by atoms with Gasteiger partial charge in [-0.2, -0.15) is 5.10 Å². The maximum Gasteiger partial charge on any atom is 0.269 e. The molecule has 12 heteroatoms. The summed E-state index contributed by atoms with van der Waals surface area (Å²) >= 11 is 11.9. The van der Waals surface area contributed by atoms with E-state index < -0.39 is 22.8 Å². The number of nitrogens with zero attached hydrogens (tertiary/aromatic N) is 2. The molecule has 0 radical (unpaired) electrons. The zero-order valence-electron chi connectivity index (χ0n) is 22.0. The van der Waals surface area contributed by atoms with Crippen molar-refractivity contribution in [2.24, 2.45) is 11.0 Å². The van der Waals surface area contributed by atoms with Crippen LogP contribution in [0, 0.1) is 16.0 Å². The fourth-order valence-corrected chi connectivity index (χ4v) is 3.80. The zero-order chi connectivity index (χ0) is 29.2. The van der Waals surface area contributed by atoms with E-state index in [0.29, 0.717) is 28.7 Å². The van der Waals surface area contributed by atoms with Crippen LogP contribution in [-0.2, 0) is 11.4 Å². The Morgan fingerprint density at radius 2 is 1.73 bits per heavy atom. The third-order valence-corrected chi connectivity index (χ3v) is 6.35. The SMILES string of the molecule is CCOc1cc(/C=N\NC(=O)C(NC(=O)c2ccc(Cl)c(Cl)c2)C(C)C)ccc1OCc1ccc([N+](=O)[O-])cc1. The number of nitrogens with one attached hydrogen (secondary N) is 2. The van der Waals surface area contributed by atoms with Crippen molar-refractivity contribution in [2.45, 2.75) is 33.4 Å². The summed E-state index contributed by atoms with van der Waals surface area (Å²) in [6.45, 7) is 6.01. The van der Waals surface area contributed by atoms with Crippen molar-refractivity contribution in [1.29, 1.82) is 0 Å². The molecule has 2 amide bonds. The fraction of sp³-hybridized carbons (Fsp3) is 0.250. The second-order valence-electron chi connectivity index (χ2n) is 8.91. The van der Waals surface area contributed by atoms with E-state index in [9.17, 15) is 19.7 Å². The summed E-state index contributed by atoms with van der Waals surface area (Å²) in [6, 6.07) is 14.8. The van der Waals surface area contributed by atoms with Gasteiger partial charge in [0.1, 0.15) is 12.6 Å². The molecule has 0 aromatic heterocycles. The van der Waals surface area contributed by atoms with Gasteiger partial charge in [-0.3, -0.25) is 19.7 Å². The van der Waals surface area contributed by atoms with Gasteiger partial charge in [0.05, 0.1) is 27.8 Å². The highest BCUT2D eigenvalue weighted by Gasteiger charge is 2.24. The van der Waals surface area contributed by atoms with Crippen LogP contribution >= 0.6 is 23.2 Å². The lowest BCUT2D eigenvalue weighted by Crippen LogP contribution is -2.48. The number of amides is 2. The fourth-order valence-electron chi connectivity index (χ4n) is 3.50. The minimum atomic E-state index is -0.853. The molecule has 2 N–H and O–H groups in total. The number of hydrogen-bond acceptors (Lipinski definition) is 7. The molecule has 0 saturated heterocycles. The lowest BCUT2D eigenvalue weighted by Gasteiger charge is -2.20. The molecular weight excluding hydrogens is 559 g/mol. The molecule has 3 aromatic carbocycles. The van der Waals surface area contributed by atoms with E-state index in [4.69, 9.17) is 32.7 Å². The Labute approximate surface area is 241 Å². The van der Waals surface area contributed by atoms with Gasteiger partial charge in [0, 0.05) is 17.7 Å². The van der Waals surface area contributed by atoms with Gasteiger partial charge in [-0.1, -0.05) is 37.0 Å². The third kappa shape index (κ3) is 8.42. The maximum absolute atomic E-state index is 12.8. The average molecular weight is 587 g/mol. The molecule has 10 nitrogen and oxygen atoms in total. The molecule has 40 heavy (non-hydrogen) atoms. The summed E-state index contributed by atoms with van der Waals surface area (Å²) in [6.07, 6.45) is 1.44. The number of nitro groups is 1. The summed E-state index contributed by atoms with van der Waals surface area (Å²) in [7, 11) is 0. The highest BCUT2D eigenvalue weighted by Crippen LogP contribution is 2.29. The van der Waals surface area contributed by atoms with E-state index in [1.807, 2.05) is 6.92 Å². The van der Waals surface area contributed by atoms with Crippen molar-refractivity contribution < 1.29 is 24.0 Å². The van der Waals surface area contributed by atoms with Crippen molar-refractivity contribution >= 4 is 46.9 Å². The molecule has 0 fully saturated rings. The van der Waals surface area contributed by atoms with E-state index in [1.165, 1.54) is 36.5 Å². The number of ether oxygens (including phenoxy) is 2. The van der Waals surface area contributed by atoms with E-state index >= 15 is 0 Å². The van der Waals surface area contributed by atoms with E-state index in [2.05, 4.69) is 15.8 Å². The predicted molar refractivity (Wildman–Crippen MR) is 153 cm³/mol. The van der Waals surface area contributed by atoms with Crippen LogP contribution in [0.25, 0.3) is 0 Å². The first kappa shape index (κ1) is 30.4. The number of benzene rings is 3. The summed E-state index contributed by atoms with van der Waals surface area (Å²) in [5, 5.41) is 18.1. The van der Waals surface area contributed by atoms with Gasteiger partial charge in [-0.25, -0.2) is 5.43 Å². The number of rotatable bonds is 12. The lowest BCUT2D eigenvalue weighted by atomic mass is 10.0. The Kier molecular flexibility index (Phi) is 10.9. The van der Waals surface area contributed by atoms with Gasteiger partial charge >= 0.3 is 0 Å². The average Bonchev–Trinajstić information content (AvgIpc) is 2.92. The molecule has 0 aliphatic heterocycles. The van der Waals surface area contributed by atoms with E-state index in [0.717, 1.165) is 5.56 Å². The van der Waals surface area contributed by atoms with Gasteiger partial charge in [0.25, 0.3) is 17.5 Å². The Bertz CT molecular complexity index is 1400. The number of carbonyl (C=O) groups is 2. The van der Waals surface area contributed by atoms with Crippen LogP contribution < -0.4 is 20.2 Å². The molecule has 0 spiro atoms. The second-order valence-corrected chi connectivity index (χ2v) is 9.72. The molecule has 3 aromatic rings. The first-order valence-corrected chi connectivity index (χ1v) is 13.1. The minimum Gasteiger partial charge on any atom is -0.490 e. The van der Waals surface area contributed by atoms with Crippen LogP contribution in [0.1, 0.15) is 42.3 Å². The predicted octanol–water partition coefficient (Wildman–Crippen LogP) is 5.78. The molecule has 210 valence electrons. The van der Waals surface area contributed by atoms with Crippen molar-refractivity contribution in [3.63, 3.8) is 0 Å². The normalized spacial score (nSPS) is 11.8. The first-order valence-electron chi connectivity index (χ1n) is 12.3. The molecule has 1 unspecified atom stereocenters. The number of halogens is 2. The van der Waals surface area contributed by atoms with E-state index in [-0.39, 0.29) is 28.8 Å². The van der Waals surface area contributed by atoms with Gasteiger partial charge in [-0.15, -0.1) is 0 Å².